The minimum atomic E-state index is -1.15. The molecule has 0 aliphatic heterocycles. The fourth-order valence-corrected chi connectivity index (χ4v) is 16.6. The van der Waals surface area contributed by atoms with Gasteiger partial charge in [0.2, 0.25) is 5.75 Å². The minimum absolute atomic E-state index is 0.0105. The summed E-state index contributed by atoms with van der Waals surface area (Å²) >= 11 is 5.93. The summed E-state index contributed by atoms with van der Waals surface area (Å²) < 4.78 is 21.4. The summed E-state index contributed by atoms with van der Waals surface area (Å²) in [5.74, 6) is -3.81. The molecule has 18 nitrogen and oxygen atoms in total. The fourth-order valence-electron chi connectivity index (χ4n) is 16.4. The maximum atomic E-state index is 11.6. The standard InChI is InChI=1S/C21H20O3.C21H18O3.C20H18O3.C20H16O3.C19H15ClO3.C18H16O3/c1-22-19-13-16(14-20(23-2)21(19)24-3)9-8-15-10-11-17-6-4-5-7-18(17)12-15;1-14-11-18(20(21(22)23)19(12-14)24-2)10-8-15-7-9-16-5-3-4-6-17(16)13-15;2*1-13-10-17(19(20(22)23)18(21)11-13)9-7-14-6-8-15-4-2-3-5-16(15)12-14;20-16-10-15(18(19(22)23)17(21)11-16)8-6-12-5-7-13-3-1-2-4-14(13)9-12;19-16-10-13(11-17(20)18(16)21)6-5-12-7-8-14-3-1-2-4-15(14)9-12/h4-14H,1-3H3;3-13H,1-2H3,(H,22,23);2-6,8,10-12,21H,7,9H2,1H3,(H,22,23);2-12,21H,1H3,(H,22,23);1-5,7,9-11,21H,6,8H2,(H,22,23);1-4,7-11,19-21H,5-6H2/b9-8+;10-8+;;9-7+;;. The zero-order valence-electron chi connectivity index (χ0n) is 77.0. The SMILES string of the molecule is COc1cc(/C=C/c2ccc3ccccc3c2)cc(OC)c1OC.COc1cc(C)cc(/C=C/c2ccc3ccccc3c2)c1C(=O)O.Cc1cc(O)c(C(=O)O)c(/C=C/c2ccc3ccccc3c2)c1.Cc1cc(O)c(C(=O)O)c(CCc2ccc3ccccc3c2)c1.O=C(O)c1c(O)cc(Cl)cc1CCc1ccc2ccccc2c1.Oc1cc(CCc2ccc3ccccc3c2)cc(O)c1O. The monoisotopic (exact) mass is 1850 g/mol. The van der Waals surface area contributed by atoms with Gasteiger partial charge in [-0.15, -0.1) is 0 Å². The van der Waals surface area contributed by atoms with E-state index in [1.165, 1.54) is 86.1 Å². The third kappa shape index (κ3) is 25.8. The Bertz CT molecular complexity index is 7420. The van der Waals surface area contributed by atoms with Crippen molar-refractivity contribution in [3.05, 3.63) is 438 Å². The highest BCUT2D eigenvalue weighted by Crippen LogP contribution is 2.41. The molecular formula is C119H103ClO18. The van der Waals surface area contributed by atoms with Crippen LogP contribution in [0.25, 0.3) is 101 Å². The van der Waals surface area contributed by atoms with Crippen LogP contribution in [0.3, 0.4) is 0 Å². The van der Waals surface area contributed by atoms with Crippen molar-refractivity contribution in [2.24, 2.45) is 0 Å². The van der Waals surface area contributed by atoms with E-state index in [4.69, 9.17) is 30.5 Å². The molecule has 0 atom stereocenters. The molecule has 0 heterocycles. The Morgan fingerprint density at radius 1 is 0.254 bits per heavy atom. The highest BCUT2D eigenvalue weighted by molar-refractivity contribution is 6.31. The van der Waals surface area contributed by atoms with Crippen LogP contribution < -0.4 is 18.9 Å². The quantitative estimate of drug-likeness (QED) is 0.0210. The van der Waals surface area contributed by atoms with Gasteiger partial charge in [0, 0.05) is 5.02 Å². The lowest BCUT2D eigenvalue weighted by Crippen LogP contribution is -2.05. The van der Waals surface area contributed by atoms with Crippen LogP contribution in [0.15, 0.2) is 328 Å². The number of methoxy groups -OCH3 is 4. The molecule has 138 heavy (non-hydrogen) atoms. The average molecular weight is 1860 g/mol. The summed E-state index contributed by atoms with van der Waals surface area (Å²) in [6, 6.07) is 106. The Kier molecular flexibility index (Phi) is 33.2. The number of ether oxygens (including phenoxy) is 4. The van der Waals surface area contributed by atoms with E-state index in [1.54, 1.807) is 45.6 Å². The molecule has 0 spiro atoms. The van der Waals surface area contributed by atoms with Crippen molar-refractivity contribution in [2.75, 3.05) is 28.4 Å². The Hall–Kier alpha value is -17.1. The number of benzene rings is 18. The molecular weight excluding hydrogens is 1750 g/mol. The molecule has 18 aromatic carbocycles. The summed E-state index contributed by atoms with van der Waals surface area (Å²) in [5, 5.41) is 110. The number of carboxylic acid groups (broad SMARTS) is 4. The molecule has 0 radical (unpaired) electrons. The van der Waals surface area contributed by atoms with Crippen molar-refractivity contribution >= 4 is 137 Å². The van der Waals surface area contributed by atoms with Gasteiger partial charge in [-0.25, -0.2) is 19.2 Å². The smallest absolute Gasteiger partial charge is 0.340 e. The first-order chi connectivity index (χ1) is 66.6. The van der Waals surface area contributed by atoms with Crippen molar-refractivity contribution in [1.82, 2.24) is 0 Å². The molecule has 0 bridgehead atoms. The van der Waals surface area contributed by atoms with Crippen LogP contribution in [-0.2, 0) is 38.5 Å². The highest BCUT2D eigenvalue weighted by atomic mass is 35.5. The van der Waals surface area contributed by atoms with Crippen LogP contribution in [-0.4, -0.2) is 103 Å². The van der Waals surface area contributed by atoms with Crippen LogP contribution in [0.4, 0.5) is 0 Å². The second-order valence-corrected chi connectivity index (χ2v) is 33.4. The largest absolute Gasteiger partial charge is 0.507 e. The van der Waals surface area contributed by atoms with Gasteiger partial charge in [0.15, 0.2) is 28.7 Å². The molecule has 19 heteroatoms. The van der Waals surface area contributed by atoms with Gasteiger partial charge in [0.25, 0.3) is 0 Å². The van der Waals surface area contributed by atoms with Crippen molar-refractivity contribution < 1.29 is 89.2 Å². The molecule has 10 N–H and O–H groups in total. The molecule has 0 aliphatic carbocycles. The molecule has 0 unspecified atom stereocenters. The van der Waals surface area contributed by atoms with E-state index in [2.05, 4.69) is 146 Å². The van der Waals surface area contributed by atoms with Gasteiger partial charge >= 0.3 is 23.9 Å². The highest BCUT2D eigenvalue weighted by Gasteiger charge is 2.22. The topological polar surface area (TPSA) is 308 Å². The summed E-state index contributed by atoms with van der Waals surface area (Å²) in [6.45, 7) is 5.59. The number of rotatable bonds is 23. The van der Waals surface area contributed by atoms with Crippen LogP contribution in [0.2, 0.25) is 5.02 Å². The van der Waals surface area contributed by atoms with Gasteiger partial charge in [-0.3, -0.25) is 0 Å². The van der Waals surface area contributed by atoms with Gasteiger partial charge in [0.1, 0.15) is 45.3 Å². The van der Waals surface area contributed by atoms with Gasteiger partial charge in [0.05, 0.1) is 28.4 Å². The third-order valence-electron chi connectivity index (χ3n) is 23.2. The first-order valence-corrected chi connectivity index (χ1v) is 44.7. The molecule has 0 aromatic heterocycles. The van der Waals surface area contributed by atoms with Crippen LogP contribution in [0.5, 0.6) is 57.5 Å². The number of aryl methyl sites for hydroxylation is 9. The molecule has 0 amide bonds. The normalized spacial score (nSPS) is 11.0. The number of halogens is 1. The number of aromatic hydroxyl groups is 6. The van der Waals surface area contributed by atoms with E-state index in [1.807, 2.05) is 185 Å². The lowest BCUT2D eigenvalue weighted by molar-refractivity contribution is 0.0681. The van der Waals surface area contributed by atoms with Crippen molar-refractivity contribution in [3.63, 3.8) is 0 Å². The Morgan fingerprint density at radius 2 is 0.551 bits per heavy atom. The summed E-state index contributed by atoms with van der Waals surface area (Å²) in [7, 11) is 6.32. The summed E-state index contributed by atoms with van der Waals surface area (Å²) in [4.78, 5) is 45.6. The Labute approximate surface area is 804 Å². The lowest BCUT2D eigenvalue weighted by Gasteiger charge is -2.12. The fraction of sp³-hybridized carbons (Fsp3) is 0.109. The van der Waals surface area contributed by atoms with Gasteiger partial charge in [-0.2, -0.15) is 0 Å². The van der Waals surface area contributed by atoms with E-state index in [9.17, 15) is 70.2 Å². The Balaban J connectivity index is 0.000000140. The van der Waals surface area contributed by atoms with Gasteiger partial charge in [-0.1, -0.05) is 303 Å². The molecule has 694 valence electrons. The molecule has 0 aliphatic rings. The zero-order chi connectivity index (χ0) is 98.1. The second-order valence-electron chi connectivity index (χ2n) is 33.0. The molecule has 0 saturated carbocycles. The Morgan fingerprint density at radius 3 is 0.920 bits per heavy atom. The number of carboxylic acids is 4. The number of phenols is 6. The number of aromatic carboxylic acids is 4. The first kappa shape index (κ1) is 98.4. The van der Waals surface area contributed by atoms with E-state index in [0.29, 0.717) is 76.0 Å². The lowest BCUT2D eigenvalue weighted by atomic mass is 9.96. The first-order valence-electron chi connectivity index (χ1n) is 44.4. The van der Waals surface area contributed by atoms with E-state index in [-0.39, 0.29) is 51.0 Å². The number of carbonyl (C=O) groups is 4. The molecule has 0 saturated heterocycles. The number of hydrogen-bond donors (Lipinski definition) is 10. The molecule has 18 rings (SSSR count). The van der Waals surface area contributed by atoms with E-state index >= 15 is 0 Å². The minimum Gasteiger partial charge on any atom is -0.507 e. The number of phenolic OH excluding ortho intramolecular Hbond substituents is 3. The van der Waals surface area contributed by atoms with Crippen LogP contribution >= 0.6 is 11.6 Å². The summed E-state index contributed by atoms with van der Waals surface area (Å²) in [5.41, 5.74) is 13.4. The average Bonchev–Trinajstić information content (AvgIpc) is 0.787. The second kappa shape index (κ2) is 46.5. The maximum Gasteiger partial charge on any atom is 0.340 e. The predicted octanol–water partition coefficient (Wildman–Crippen LogP) is 27.5. The maximum absolute atomic E-state index is 11.6. The van der Waals surface area contributed by atoms with E-state index < -0.39 is 29.6 Å². The number of hydrogen-bond acceptors (Lipinski definition) is 14. The predicted molar refractivity (Wildman–Crippen MR) is 555 cm³/mol. The number of fused-ring (bicyclic) bond motifs is 6. The van der Waals surface area contributed by atoms with Crippen LogP contribution in [0, 0.1) is 20.8 Å². The zero-order valence-corrected chi connectivity index (χ0v) is 77.8. The van der Waals surface area contributed by atoms with Crippen molar-refractivity contribution in [2.45, 2.75) is 59.3 Å². The van der Waals surface area contributed by atoms with Gasteiger partial charge in [-0.05, 0) is 280 Å². The summed E-state index contributed by atoms with van der Waals surface area (Å²) in [6.07, 6.45) is 15.4. The van der Waals surface area contributed by atoms with Crippen molar-refractivity contribution in [3.8, 4) is 57.5 Å². The van der Waals surface area contributed by atoms with Crippen molar-refractivity contribution in [1.29, 1.82) is 0 Å². The molecule has 0 fully saturated rings. The van der Waals surface area contributed by atoms with Gasteiger partial charge < -0.3 is 70.0 Å². The van der Waals surface area contributed by atoms with E-state index in [0.717, 1.165) is 90.0 Å². The van der Waals surface area contributed by atoms with Crippen LogP contribution in [0.1, 0.15) is 125 Å². The third-order valence-corrected chi connectivity index (χ3v) is 23.4. The molecule has 18 aromatic rings.